The highest BCUT2D eigenvalue weighted by Gasteiger charge is 2.08. The zero-order valence-electron chi connectivity index (χ0n) is 12.6. The average molecular weight is 311 g/mol. The summed E-state index contributed by atoms with van der Waals surface area (Å²) in [5, 5.41) is 5.13. The fraction of sp³-hybridized carbons (Fsp3) is 0.0588. The lowest BCUT2D eigenvalue weighted by atomic mass is 10.1. The maximum atomic E-state index is 11.9. The molecule has 3 amide bonds. The number of urea groups is 1. The van der Waals surface area contributed by atoms with E-state index in [2.05, 4.69) is 10.6 Å². The summed E-state index contributed by atoms with van der Waals surface area (Å²) in [4.78, 5) is 23.1. The number of amides is 3. The number of benzene rings is 2. The minimum atomic E-state index is -0.604. The first-order valence-electron chi connectivity index (χ1n) is 6.87. The van der Waals surface area contributed by atoms with E-state index in [9.17, 15) is 9.59 Å². The van der Waals surface area contributed by atoms with Gasteiger partial charge >= 0.3 is 6.03 Å². The normalized spacial score (nSPS) is 10.3. The molecule has 2 aromatic carbocycles. The number of carbonyl (C=O) groups excluding carboxylic acids is 2. The standard InChI is InChI=1S/C17H17N3O3/c1-23-13-6-4-5-12(11-13)9-10-19-17(22)20-15-8-3-2-7-14(15)16(18)21/h2-11H,1H3,(H2,18,21)(H2,19,20,22)/b10-9+. The highest BCUT2D eigenvalue weighted by Crippen LogP contribution is 2.14. The first-order valence-corrected chi connectivity index (χ1v) is 6.87. The SMILES string of the molecule is COc1cccc(/C=C/NC(=O)Nc2ccccc2C(N)=O)c1. The van der Waals surface area contributed by atoms with Crippen molar-refractivity contribution >= 4 is 23.7 Å². The van der Waals surface area contributed by atoms with Crippen LogP contribution in [0.1, 0.15) is 15.9 Å². The van der Waals surface area contributed by atoms with Crippen molar-refractivity contribution in [1.82, 2.24) is 5.32 Å². The maximum Gasteiger partial charge on any atom is 0.323 e. The van der Waals surface area contributed by atoms with Crippen LogP contribution in [0, 0.1) is 0 Å². The van der Waals surface area contributed by atoms with Gasteiger partial charge in [-0.05, 0) is 35.9 Å². The molecular formula is C17H17N3O3. The molecular weight excluding hydrogens is 294 g/mol. The molecule has 0 saturated carbocycles. The van der Waals surface area contributed by atoms with Gasteiger partial charge in [0, 0.05) is 6.20 Å². The molecule has 0 bridgehead atoms. The summed E-state index contributed by atoms with van der Waals surface area (Å²) < 4.78 is 5.12. The molecule has 2 rings (SSSR count). The number of carbonyl (C=O) groups is 2. The van der Waals surface area contributed by atoms with Gasteiger partial charge in [0.15, 0.2) is 0 Å². The van der Waals surface area contributed by atoms with Crippen molar-refractivity contribution in [2.24, 2.45) is 5.73 Å². The Balaban J connectivity index is 1.97. The van der Waals surface area contributed by atoms with Gasteiger partial charge < -0.3 is 21.1 Å². The van der Waals surface area contributed by atoms with Crippen molar-refractivity contribution < 1.29 is 14.3 Å². The fourth-order valence-corrected chi connectivity index (χ4v) is 1.92. The second kappa shape index (κ2) is 7.65. The second-order valence-electron chi connectivity index (χ2n) is 4.62. The Hall–Kier alpha value is -3.28. The molecule has 0 heterocycles. The van der Waals surface area contributed by atoms with Gasteiger partial charge in [-0.2, -0.15) is 0 Å². The minimum Gasteiger partial charge on any atom is -0.497 e. The van der Waals surface area contributed by atoms with Crippen LogP contribution in [0.3, 0.4) is 0 Å². The van der Waals surface area contributed by atoms with Gasteiger partial charge in [0.1, 0.15) is 5.75 Å². The Morgan fingerprint density at radius 2 is 1.91 bits per heavy atom. The zero-order chi connectivity index (χ0) is 16.7. The van der Waals surface area contributed by atoms with Gasteiger partial charge in [-0.1, -0.05) is 24.3 Å². The molecule has 2 aromatic rings. The van der Waals surface area contributed by atoms with Gasteiger partial charge in [-0.15, -0.1) is 0 Å². The maximum absolute atomic E-state index is 11.9. The molecule has 0 aromatic heterocycles. The predicted octanol–water partition coefficient (Wildman–Crippen LogP) is 2.59. The largest absolute Gasteiger partial charge is 0.497 e. The lowest BCUT2D eigenvalue weighted by molar-refractivity contribution is 0.100. The van der Waals surface area contributed by atoms with Crippen LogP contribution in [0.2, 0.25) is 0 Å². The summed E-state index contributed by atoms with van der Waals surface area (Å²) in [6, 6.07) is 13.4. The molecule has 0 saturated heterocycles. The number of primary amides is 1. The summed E-state index contributed by atoms with van der Waals surface area (Å²) in [7, 11) is 1.59. The molecule has 0 aliphatic heterocycles. The summed E-state index contributed by atoms with van der Waals surface area (Å²) in [6.45, 7) is 0. The van der Waals surface area contributed by atoms with Crippen molar-refractivity contribution in [3.63, 3.8) is 0 Å². The van der Waals surface area contributed by atoms with Crippen molar-refractivity contribution in [3.05, 3.63) is 65.9 Å². The summed E-state index contributed by atoms with van der Waals surface area (Å²) in [5.41, 5.74) is 6.74. The number of rotatable bonds is 5. The van der Waals surface area contributed by atoms with Crippen LogP contribution in [0.25, 0.3) is 6.08 Å². The van der Waals surface area contributed by atoms with E-state index in [4.69, 9.17) is 10.5 Å². The van der Waals surface area contributed by atoms with E-state index in [0.29, 0.717) is 5.69 Å². The Labute approximate surface area is 133 Å². The first kappa shape index (κ1) is 16.1. The molecule has 0 aliphatic rings. The van der Waals surface area contributed by atoms with Crippen LogP contribution < -0.4 is 21.1 Å². The van der Waals surface area contributed by atoms with E-state index in [1.165, 1.54) is 6.20 Å². The summed E-state index contributed by atoms with van der Waals surface area (Å²) in [6.07, 6.45) is 3.22. The topological polar surface area (TPSA) is 93.4 Å². The molecule has 0 unspecified atom stereocenters. The van der Waals surface area contributed by atoms with Gasteiger partial charge in [0.25, 0.3) is 5.91 Å². The smallest absolute Gasteiger partial charge is 0.323 e. The summed E-state index contributed by atoms with van der Waals surface area (Å²) in [5.74, 6) is 0.125. The number of methoxy groups -OCH3 is 1. The number of ether oxygens (including phenoxy) is 1. The van der Waals surface area contributed by atoms with E-state index in [1.54, 1.807) is 37.5 Å². The van der Waals surface area contributed by atoms with Crippen LogP contribution >= 0.6 is 0 Å². The van der Waals surface area contributed by atoms with Gasteiger partial charge in [0.2, 0.25) is 0 Å². The number of para-hydroxylation sites is 1. The molecule has 23 heavy (non-hydrogen) atoms. The van der Waals surface area contributed by atoms with Crippen LogP contribution in [-0.2, 0) is 0 Å². The third kappa shape index (κ3) is 4.60. The molecule has 0 radical (unpaired) electrons. The molecule has 0 fully saturated rings. The second-order valence-corrected chi connectivity index (χ2v) is 4.62. The van der Waals surface area contributed by atoms with Gasteiger partial charge in [-0.25, -0.2) is 4.79 Å². The van der Waals surface area contributed by atoms with Crippen molar-refractivity contribution in [1.29, 1.82) is 0 Å². The van der Waals surface area contributed by atoms with Crippen molar-refractivity contribution in [3.8, 4) is 5.75 Å². The quantitative estimate of drug-likeness (QED) is 0.792. The van der Waals surface area contributed by atoms with Crippen LogP contribution in [0.5, 0.6) is 5.75 Å². The van der Waals surface area contributed by atoms with Crippen LogP contribution in [0.4, 0.5) is 10.5 Å². The first-order chi connectivity index (χ1) is 11.1. The highest BCUT2D eigenvalue weighted by molar-refractivity contribution is 6.02. The lowest BCUT2D eigenvalue weighted by Gasteiger charge is -2.08. The Morgan fingerprint density at radius 1 is 1.13 bits per heavy atom. The number of hydrogen-bond donors (Lipinski definition) is 3. The molecule has 4 N–H and O–H groups in total. The third-order valence-electron chi connectivity index (χ3n) is 3.02. The summed E-state index contributed by atoms with van der Waals surface area (Å²) >= 11 is 0. The Kier molecular flexibility index (Phi) is 5.35. The molecule has 0 spiro atoms. The van der Waals surface area contributed by atoms with Gasteiger partial charge in [0.05, 0.1) is 18.4 Å². The minimum absolute atomic E-state index is 0.249. The zero-order valence-corrected chi connectivity index (χ0v) is 12.6. The number of nitrogens with one attached hydrogen (secondary N) is 2. The molecule has 6 heteroatoms. The number of nitrogens with two attached hydrogens (primary N) is 1. The molecule has 6 nitrogen and oxygen atoms in total. The average Bonchev–Trinajstić information content (AvgIpc) is 2.55. The number of hydrogen-bond acceptors (Lipinski definition) is 3. The van der Waals surface area contributed by atoms with Crippen molar-refractivity contribution in [2.45, 2.75) is 0 Å². The molecule has 118 valence electrons. The monoisotopic (exact) mass is 311 g/mol. The molecule has 0 aliphatic carbocycles. The van der Waals surface area contributed by atoms with Crippen molar-refractivity contribution in [2.75, 3.05) is 12.4 Å². The molecule has 0 atom stereocenters. The number of anilines is 1. The Morgan fingerprint density at radius 3 is 2.65 bits per heavy atom. The van der Waals surface area contributed by atoms with E-state index in [-0.39, 0.29) is 5.56 Å². The van der Waals surface area contributed by atoms with Crippen LogP contribution in [0.15, 0.2) is 54.7 Å². The Bertz CT molecular complexity index is 741. The van der Waals surface area contributed by atoms with E-state index < -0.39 is 11.9 Å². The third-order valence-corrected chi connectivity index (χ3v) is 3.02. The van der Waals surface area contributed by atoms with E-state index >= 15 is 0 Å². The fourth-order valence-electron chi connectivity index (χ4n) is 1.92. The van der Waals surface area contributed by atoms with E-state index in [0.717, 1.165) is 11.3 Å². The predicted molar refractivity (Wildman–Crippen MR) is 89.1 cm³/mol. The van der Waals surface area contributed by atoms with Gasteiger partial charge in [-0.3, -0.25) is 4.79 Å². The lowest BCUT2D eigenvalue weighted by Crippen LogP contribution is -2.25. The highest BCUT2D eigenvalue weighted by atomic mass is 16.5. The van der Waals surface area contributed by atoms with Crippen LogP contribution in [-0.4, -0.2) is 19.0 Å². The van der Waals surface area contributed by atoms with E-state index in [1.807, 2.05) is 24.3 Å².